The van der Waals surface area contributed by atoms with Gasteiger partial charge in [0.05, 0.1) is 11.6 Å². The lowest BCUT2D eigenvalue weighted by Gasteiger charge is -2.23. The van der Waals surface area contributed by atoms with Crippen molar-refractivity contribution in [2.45, 2.75) is 12.6 Å². The van der Waals surface area contributed by atoms with Crippen LogP contribution in [0.3, 0.4) is 0 Å². The summed E-state index contributed by atoms with van der Waals surface area (Å²) >= 11 is 3.24. The Labute approximate surface area is 126 Å². The maximum absolute atomic E-state index is 10.8. The molecule has 2 aromatic heterocycles. The number of thiophene rings is 2. The molecular weight excluding hydrogens is 292 g/mol. The lowest BCUT2D eigenvalue weighted by molar-refractivity contribution is 0.0697. The average molecular weight is 310 g/mol. The van der Waals surface area contributed by atoms with Gasteiger partial charge in [-0.1, -0.05) is 6.07 Å². The first-order valence-electron chi connectivity index (χ1n) is 6.29. The smallest absolute Gasteiger partial charge is 0.336 e. The van der Waals surface area contributed by atoms with E-state index in [0.717, 1.165) is 11.4 Å². The molecule has 4 nitrogen and oxygen atoms in total. The van der Waals surface area contributed by atoms with E-state index in [-0.39, 0.29) is 0 Å². The Morgan fingerprint density at radius 1 is 1.45 bits per heavy atom. The van der Waals surface area contributed by atoms with Crippen LogP contribution in [-0.2, 0) is 6.54 Å². The predicted octanol–water partition coefficient (Wildman–Crippen LogP) is 2.90. The topological polar surface area (TPSA) is 52.6 Å². The number of nitrogens with one attached hydrogen (secondary N) is 1. The molecule has 0 spiro atoms. The van der Waals surface area contributed by atoms with E-state index in [1.54, 1.807) is 22.8 Å². The average Bonchev–Trinajstić information content (AvgIpc) is 3.05. The number of hydrogen-bond donors (Lipinski definition) is 2. The van der Waals surface area contributed by atoms with Crippen LogP contribution in [0.2, 0.25) is 0 Å². The summed E-state index contributed by atoms with van der Waals surface area (Å²) in [6.07, 6.45) is 0. The van der Waals surface area contributed by atoms with Crippen molar-refractivity contribution in [2.75, 3.05) is 20.6 Å². The predicted molar refractivity (Wildman–Crippen MR) is 83.7 cm³/mol. The standard InChI is InChI=1S/C14H18N2O2S2/c1-16(2)12(13-4-3-5-19-13)8-15-7-11-6-10(9-20-11)14(17)18/h3-6,9,12,15H,7-8H2,1-2H3,(H,17,18). The number of aromatic carboxylic acids is 1. The maximum Gasteiger partial charge on any atom is 0.336 e. The maximum atomic E-state index is 10.8. The number of rotatable bonds is 7. The van der Waals surface area contributed by atoms with E-state index in [1.165, 1.54) is 16.2 Å². The number of carboxylic acid groups (broad SMARTS) is 1. The molecule has 6 heteroatoms. The molecule has 0 bridgehead atoms. The van der Waals surface area contributed by atoms with Crippen LogP contribution in [0.1, 0.15) is 26.2 Å². The Bertz CT molecular complexity index is 549. The lowest BCUT2D eigenvalue weighted by Crippen LogP contribution is -2.30. The summed E-state index contributed by atoms with van der Waals surface area (Å²) < 4.78 is 0. The molecule has 2 heterocycles. The van der Waals surface area contributed by atoms with Gasteiger partial charge in [0, 0.05) is 28.2 Å². The molecule has 0 aliphatic carbocycles. The highest BCUT2D eigenvalue weighted by Gasteiger charge is 2.14. The Balaban J connectivity index is 1.88. The quantitative estimate of drug-likeness (QED) is 0.825. The van der Waals surface area contributed by atoms with Gasteiger partial charge < -0.3 is 15.3 Å². The summed E-state index contributed by atoms with van der Waals surface area (Å²) in [6, 6.07) is 6.28. The number of nitrogens with zero attached hydrogens (tertiary/aromatic N) is 1. The zero-order valence-corrected chi connectivity index (χ0v) is 13.1. The highest BCUT2D eigenvalue weighted by molar-refractivity contribution is 7.10. The van der Waals surface area contributed by atoms with Crippen molar-refractivity contribution < 1.29 is 9.90 Å². The Morgan fingerprint density at radius 2 is 2.25 bits per heavy atom. The van der Waals surface area contributed by atoms with Crippen LogP contribution >= 0.6 is 22.7 Å². The van der Waals surface area contributed by atoms with Crippen molar-refractivity contribution in [2.24, 2.45) is 0 Å². The molecule has 0 fully saturated rings. The van der Waals surface area contributed by atoms with Crippen molar-refractivity contribution in [1.29, 1.82) is 0 Å². The van der Waals surface area contributed by atoms with Crippen molar-refractivity contribution in [3.63, 3.8) is 0 Å². The minimum Gasteiger partial charge on any atom is -0.478 e. The highest BCUT2D eigenvalue weighted by Crippen LogP contribution is 2.22. The normalized spacial score (nSPS) is 12.8. The van der Waals surface area contributed by atoms with Gasteiger partial charge in [0.15, 0.2) is 0 Å². The largest absolute Gasteiger partial charge is 0.478 e. The van der Waals surface area contributed by atoms with Crippen molar-refractivity contribution in [3.8, 4) is 0 Å². The molecule has 0 radical (unpaired) electrons. The minimum atomic E-state index is -0.864. The fourth-order valence-corrected chi connectivity index (χ4v) is 3.69. The van der Waals surface area contributed by atoms with Crippen LogP contribution in [0.25, 0.3) is 0 Å². The summed E-state index contributed by atoms with van der Waals surface area (Å²) in [4.78, 5) is 15.4. The molecule has 0 amide bonds. The molecule has 2 aromatic rings. The first-order valence-corrected chi connectivity index (χ1v) is 8.05. The molecule has 1 unspecified atom stereocenters. The molecule has 1 atom stereocenters. The number of carbonyl (C=O) groups is 1. The molecule has 0 aromatic carbocycles. The Hall–Kier alpha value is -1.21. The first kappa shape index (κ1) is 15.2. The summed E-state index contributed by atoms with van der Waals surface area (Å²) in [5, 5.41) is 16.1. The zero-order chi connectivity index (χ0) is 14.5. The molecular formula is C14H18N2O2S2. The van der Waals surface area contributed by atoms with E-state index in [4.69, 9.17) is 5.11 Å². The molecule has 0 saturated heterocycles. The molecule has 108 valence electrons. The van der Waals surface area contributed by atoms with Crippen molar-refractivity contribution >= 4 is 28.6 Å². The van der Waals surface area contributed by atoms with Crippen LogP contribution in [-0.4, -0.2) is 36.6 Å². The number of likely N-dealkylation sites (N-methyl/N-ethyl adjacent to an activating group) is 1. The molecule has 0 aliphatic heterocycles. The van der Waals surface area contributed by atoms with Gasteiger partial charge in [-0.05, 0) is 31.6 Å². The van der Waals surface area contributed by atoms with E-state index in [1.807, 2.05) is 0 Å². The van der Waals surface area contributed by atoms with Crippen LogP contribution < -0.4 is 5.32 Å². The van der Waals surface area contributed by atoms with Gasteiger partial charge >= 0.3 is 5.97 Å². The van der Waals surface area contributed by atoms with Crippen LogP contribution in [0, 0.1) is 0 Å². The fraction of sp³-hybridized carbons (Fsp3) is 0.357. The minimum absolute atomic E-state index is 0.342. The highest BCUT2D eigenvalue weighted by atomic mass is 32.1. The first-order chi connectivity index (χ1) is 9.58. The lowest BCUT2D eigenvalue weighted by atomic mass is 10.2. The van der Waals surface area contributed by atoms with Crippen molar-refractivity contribution in [3.05, 3.63) is 44.3 Å². The second kappa shape index (κ2) is 6.99. The third-order valence-corrected chi connectivity index (χ3v) is 4.94. The molecule has 2 rings (SSSR count). The summed E-state index contributed by atoms with van der Waals surface area (Å²) in [5.41, 5.74) is 0.370. The van der Waals surface area contributed by atoms with Gasteiger partial charge in [-0.3, -0.25) is 0 Å². The molecule has 2 N–H and O–H groups in total. The molecule has 20 heavy (non-hydrogen) atoms. The Morgan fingerprint density at radius 3 is 2.80 bits per heavy atom. The van der Waals surface area contributed by atoms with E-state index in [2.05, 4.69) is 41.8 Å². The SMILES string of the molecule is CN(C)C(CNCc1cc(C(=O)O)cs1)c1cccs1. The van der Waals surface area contributed by atoms with Crippen LogP contribution in [0.4, 0.5) is 0 Å². The van der Waals surface area contributed by atoms with Gasteiger partial charge in [0.1, 0.15) is 0 Å². The van der Waals surface area contributed by atoms with Gasteiger partial charge in [-0.15, -0.1) is 22.7 Å². The van der Waals surface area contributed by atoms with E-state index < -0.39 is 5.97 Å². The number of hydrogen-bond acceptors (Lipinski definition) is 5. The van der Waals surface area contributed by atoms with E-state index >= 15 is 0 Å². The van der Waals surface area contributed by atoms with Gasteiger partial charge in [-0.25, -0.2) is 4.79 Å². The number of carboxylic acids is 1. The van der Waals surface area contributed by atoms with Gasteiger partial charge in [0.2, 0.25) is 0 Å². The fourth-order valence-electron chi connectivity index (χ4n) is 1.94. The summed E-state index contributed by atoms with van der Waals surface area (Å²) in [7, 11) is 4.14. The Kier molecular flexibility index (Phi) is 5.31. The third-order valence-electron chi connectivity index (χ3n) is 3.03. The van der Waals surface area contributed by atoms with Crippen LogP contribution in [0.15, 0.2) is 29.0 Å². The zero-order valence-electron chi connectivity index (χ0n) is 11.5. The van der Waals surface area contributed by atoms with Crippen LogP contribution in [0.5, 0.6) is 0 Å². The monoisotopic (exact) mass is 310 g/mol. The summed E-state index contributed by atoms with van der Waals surface area (Å²) in [6.45, 7) is 1.54. The van der Waals surface area contributed by atoms with Crippen molar-refractivity contribution in [1.82, 2.24) is 10.2 Å². The molecule has 0 saturated carbocycles. The van der Waals surface area contributed by atoms with Gasteiger partial charge in [-0.2, -0.15) is 0 Å². The van der Waals surface area contributed by atoms with E-state index in [0.29, 0.717) is 18.2 Å². The second-order valence-corrected chi connectivity index (χ2v) is 6.71. The molecule has 0 aliphatic rings. The van der Waals surface area contributed by atoms with E-state index in [9.17, 15) is 4.79 Å². The second-order valence-electron chi connectivity index (χ2n) is 4.73. The third kappa shape index (κ3) is 3.89. The van der Waals surface area contributed by atoms with Gasteiger partial charge in [0.25, 0.3) is 0 Å². The summed E-state index contributed by atoms with van der Waals surface area (Å²) in [5.74, 6) is -0.864.